The van der Waals surface area contributed by atoms with Crippen LogP contribution in [0.5, 0.6) is 0 Å². The SMILES string of the molecule is CCCCCC(C(=O)NCNC(=O)c1cccc(-c2ccc(C(=O)NC(C=O)CC)cc2)c1)C(CC)N(C=O)OCc1ccccc1.CCOC.COC.COC=O. The van der Waals surface area contributed by atoms with Gasteiger partial charge in [0.2, 0.25) is 12.3 Å². The third-order valence-corrected chi connectivity index (χ3v) is 8.41. The van der Waals surface area contributed by atoms with Crippen LogP contribution in [0.15, 0.2) is 78.9 Å². The number of hydroxylamine groups is 2. The Balaban J connectivity index is 0.00000262. The molecule has 3 aromatic rings. The van der Waals surface area contributed by atoms with Gasteiger partial charge in [-0.1, -0.05) is 94.6 Å². The number of ether oxygens (including phenoxy) is 3. The van der Waals surface area contributed by atoms with E-state index in [1.165, 1.54) is 12.2 Å². The minimum Gasteiger partial charge on any atom is -0.471 e. The Hall–Kier alpha value is -5.44. The Morgan fingerprint density at radius 3 is 1.90 bits per heavy atom. The summed E-state index contributed by atoms with van der Waals surface area (Å²) >= 11 is 0. The van der Waals surface area contributed by atoms with Crippen molar-refractivity contribution < 1.29 is 47.8 Å². The number of carbonyl (C=O) groups is 6. The minimum absolute atomic E-state index is 0.0854. The highest BCUT2D eigenvalue weighted by Gasteiger charge is 2.32. The van der Waals surface area contributed by atoms with Crippen LogP contribution in [0.25, 0.3) is 11.1 Å². The van der Waals surface area contributed by atoms with Gasteiger partial charge >= 0.3 is 0 Å². The summed E-state index contributed by atoms with van der Waals surface area (Å²) in [6.45, 7) is 9.09. The molecule has 0 aromatic heterocycles. The Morgan fingerprint density at radius 1 is 0.741 bits per heavy atom. The normalized spacial score (nSPS) is 11.4. The van der Waals surface area contributed by atoms with Gasteiger partial charge in [-0.25, -0.2) is 5.06 Å². The van der Waals surface area contributed by atoms with E-state index in [9.17, 15) is 24.0 Å². The zero-order valence-electron chi connectivity index (χ0n) is 35.4. The van der Waals surface area contributed by atoms with E-state index in [0.717, 1.165) is 42.6 Å². The number of hydrogen-bond donors (Lipinski definition) is 3. The molecule has 0 spiro atoms. The molecule has 4 amide bonds. The summed E-state index contributed by atoms with van der Waals surface area (Å²) in [5.74, 6) is -1.48. The van der Waals surface area contributed by atoms with Crippen molar-refractivity contribution in [2.75, 3.05) is 41.7 Å². The zero-order chi connectivity index (χ0) is 43.6. The van der Waals surface area contributed by atoms with Crippen LogP contribution in [0.2, 0.25) is 0 Å². The molecule has 0 aliphatic heterocycles. The van der Waals surface area contributed by atoms with E-state index in [2.05, 4.69) is 37.1 Å². The summed E-state index contributed by atoms with van der Waals surface area (Å²) in [7, 11) is 6.24. The topological polar surface area (TPSA) is 179 Å². The van der Waals surface area contributed by atoms with Crippen molar-refractivity contribution in [3.8, 4) is 11.1 Å². The first-order valence-electron chi connectivity index (χ1n) is 19.4. The van der Waals surface area contributed by atoms with Crippen LogP contribution in [-0.4, -0.2) is 95.8 Å². The standard InChI is InChI=1S/C37H46N4O6.C3H8O.C2H4O2.C2H6O/c1-4-7-9-17-33(34(6-3)41(26-43)47-24-27-13-10-8-11-14-27)37(46)39-25-38-35(44)31-16-12-15-30(22-31)28-18-20-29(21-19-28)36(45)40-32(5-2)23-42;1-3-4-2;1-4-2-3;1-3-2/h8,10-16,18-23,26,32-34H,4-7,9,17,24-25H2,1-3H3,(H,38,44)(H,39,46)(H,40,45);3H2,1-2H3;2H,1H3;1-2H3. The van der Waals surface area contributed by atoms with Crippen LogP contribution in [0, 0.1) is 5.92 Å². The highest BCUT2D eigenvalue weighted by molar-refractivity contribution is 5.97. The molecule has 0 heterocycles. The molecular formula is C44H64N4O10. The van der Waals surface area contributed by atoms with Gasteiger partial charge in [0.05, 0.1) is 31.8 Å². The summed E-state index contributed by atoms with van der Waals surface area (Å²) < 4.78 is 12.7. The van der Waals surface area contributed by atoms with Gasteiger partial charge in [0.25, 0.3) is 18.3 Å². The predicted octanol–water partition coefficient (Wildman–Crippen LogP) is 6.13. The molecule has 3 aromatic carbocycles. The Labute approximate surface area is 344 Å². The number of methoxy groups -OCH3 is 3. The number of hydrogen-bond acceptors (Lipinski definition) is 10. The van der Waals surface area contributed by atoms with Crippen LogP contribution < -0.4 is 16.0 Å². The maximum atomic E-state index is 13.5. The van der Waals surface area contributed by atoms with Gasteiger partial charge in [0, 0.05) is 39.1 Å². The average molecular weight is 809 g/mol. The van der Waals surface area contributed by atoms with Gasteiger partial charge in [-0.15, -0.1) is 0 Å². The van der Waals surface area contributed by atoms with Gasteiger partial charge < -0.3 is 35.0 Å². The van der Waals surface area contributed by atoms with Crippen molar-refractivity contribution in [3.05, 3.63) is 95.6 Å². The van der Waals surface area contributed by atoms with Gasteiger partial charge in [-0.3, -0.25) is 28.8 Å². The third kappa shape index (κ3) is 21.2. The fraction of sp³-hybridized carbons (Fsp3) is 0.455. The van der Waals surface area contributed by atoms with Crippen molar-refractivity contribution >= 4 is 36.9 Å². The summed E-state index contributed by atoms with van der Waals surface area (Å²) in [6.07, 6.45) is 5.70. The Morgan fingerprint density at radius 2 is 1.38 bits per heavy atom. The van der Waals surface area contributed by atoms with Gasteiger partial charge in [-0.2, -0.15) is 0 Å². The summed E-state index contributed by atoms with van der Waals surface area (Å²) in [6, 6.07) is 22.4. The number of rotatable bonds is 22. The van der Waals surface area contributed by atoms with Gasteiger partial charge in [-0.05, 0) is 67.1 Å². The molecule has 0 aliphatic carbocycles. The maximum Gasteiger partial charge on any atom is 0.292 e. The zero-order valence-corrected chi connectivity index (χ0v) is 35.4. The number of nitrogens with zero attached hydrogens (tertiary/aromatic N) is 1. The summed E-state index contributed by atoms with van der Waals surface area (Å²) in [4.78, 5) is 76.8. The number of unbranched alkanes of at least 4 members (excludes halogenated alkanes) is 2. The largest absolute Gasteiger partial charge is 0.471 e. The molecular weight excluding hydrogens is 745 g/mol. The van der Waals surface area contributed by atoms with E-state index in [4.69, 9.17) is 9.63 Å². The highest BCUT2D eigenvalue weighted by atomic mass is 16.7. The fourth-order valence-electron chi connectivity index (χ4n) is 5.26. The van der Waals surface area contributed by atoms with E-state index in [1.54, 1.807) is 63.8 Å². The van der Waals surface area contributed by atoms with Crippen molar-refractivity contribution in [1.82, 2.24) is 21.0 Å². The molecule has 14 heteroatoms. The van der Waals surface area contributed by atoms with Crippen LogP contribution in [0.1, 0.15) is 92.5 Å². The quantitative estimate of drug-likeness (QED) is 0.0463. The molecule has 58 heavy (non-hydrogen) atoms. The lowest BCUT2D eigenvalue weighted by Crippen LogP contribution is -2.48. The van der Waals surface area contributed by atoms with Crippen LogP contribution in [0.4, 0.5) is 0 Å². The second-order valence-electron chi connectivity index (χ2n) is 12.6. The van der Waals surface area contributed by atoms with E-state index >= 15 is 0 Å². The van der Waals surface area contributed by atoms with E-state index in [0.29, 0.717) is 49.6 Å². The number of carbonyl (C=O) groups excluding carboxylic acids is 6. The number of benzene rings is 3. The maximum absolute atomic E-state index is 13.5. The molecule has 0 saturated carbocycles. The lowest BCUT2D eigenvalue weighted by atomic mass is 9.90. The smallest absolute Gasteiger partial charge is 0.292 e. The molecule has 0 aliphatic rings. The molecule has 0 bridgehead atoms. The second-order valence-corrected chi connectivity index (χ2v) is 12.6. The number of nitrogens with one attached hydrogen (secondary N) is 3. The van der Waals surface area contributed by atoms with Crippen LogP contribution >= 0.6 is 0 Å². The van der Waals surface area contributed by atoms with Crippen LogP contribution in [0.3, 0.4) is 0 Å². The molecule has 0 fully saturated rings. The Kier molecular flexibility index (Phi) is 30.5. The highest BCUT2D eigenvalue weighted by Crippen LogP contribution is 2.23. The molecule has 3 N–H and O–H groups in total. The lowest BCUT2D eigenvalue weighted by Gasteiger charge is -2.32. The van der Waals surface area contributed by atoms with Gasteiger partial charge in [0.15, 0.2) is 0 Å². The van der Waals surface area contributed by atoms with E-state index in [-0.39, 0.29) is 31.0 Å². The molecule has 3 atom stereocenters. The summed E-state index contributed by atoms with van der Waals surface area (Å²) in [5, 5.41) is 9.53. The molecule has 0 radical (unpaired) electrons. The second kappa shape index (κ2) is 33.7. The predicted molar refractivity (Wildman–Crippen MR) is 224 cm³/mol. The van der Waals surface area contributed by atoms with E-state index < -0.39 is 18.0 Å². The first-order valence-corrected chi connectivity index (χ1v) is 19.4. The molecule has 14 nitrogen and oxygen atoms in total. The minimum atomic E-state index is -0.535. The number of aldehydes is 1. The molecule has 3 unspecified atom stereocenters. The van der Waals surface area contributed by atoms with Crippen molar-refractivity contribution in [1.29, 1.82) is 0 Å². The van der Waals surface area contributed by atoms with Crippen molar-refractivity contribution in [2.24, 2.45) is 5.92 Å². The van der Waals surface area contributed by atoms with Crippen molar-refractivity contribution in [3.63, 3.8) is 0 Å². The molecule has 320 valence electrons. The first-order chi connectivity index (χ1) is 28.1. The number of amides is 4. The molecule has 0 saturated heterocycles. The lowest BCUT2D eigenvalue weighted by molar-refractivity contribution is -0.200. The van der Waals surface area contributed by atoms with Crippen LogP contribution in [-0.2, 0) is 44.8 Å². The molecule has 3 rings (SSSR count). The monoisotopic (exact) mass is 808 g/mol. The third-order valence-electron chi connectivity index (χ3n) is 8.41. The average Bonchev–Trinajstić information content (AvgIpc) is 3.26. The first kappa shape index (κ1) is 52.6. The van der Waals surface area contributed by atoms with Gasteiger partial charge in [0.1, 0.15) is 12.9 Å². The fourth-order valence-corrected chi connectivity index (χ4v) is 5.26. The summed E-state index contributed by atoms with van der Waals surface area (Å²) in [5.41, 5.74) is 3.33. The Bertz CT molecular complexity index is 1570. The van der Waals surface area contributed by atoms with E-state index in [1.807, 2.05) is 57.2 Å². The van der Waals surface area contributed by atoms with Crippen molar-refractivity contribution in [2.45, 2.75) is 84.9 Å².